The number of carbonyl (C=O) groups excluding carboxylic acids is 1. The topological polar surface area (TPSA) is 52.6 Å². The lowest BCUT2D eigenvalue weighted by Crippen LogP contribution is -2.43. The van der Waals surface area contributed by atoms with Gasteiger partial charge in [0.1, 0.15) is 0 Å². The molecular weight excluding hydrogens is 350 g/mol. The molecule has 0 N–H and O–H groups in total. The van der Waals surface area contributed by atoms with Gasteiger partial charge in [-0.1, -0.05) is 18.2 Å². The molecule has 1 amide bonds. The molecule has 1 aromatic heterocycles. The average molecular weight is 377 g/mol. The number of hydrogen-bond donors (Lipinski definition) is 0. The maximum atomic E-state index is 12.4. The standard InChI is InChI=1S/C22H27N5O/c1-25-7-9-26(10-8-25)14-17-3-2-4-18(11-17)20-13-23-19-12-21(28)27(22(19)24-20)15-16-5-6-16/h2-4,11,13,16H,5-10,12,14-15H2,1H3. The summed E-state index contributed by atoms with van der Waals surface area (Å²) >= 11 is 0. The number of benzene rings is 1. The van der Waals surface area contributed by atoms with E-state index >= 15 is 0 Å². The molecule has 0 unspecified atom stereocenters. The van der Waals surface area contributed by atoms with Crippen LogP contribution in [-0.4, -0.2) is 65.4 Å². The van der Waals surface area contributed by atoms with Crippen LogP contribution < -0.4 is 4.90 Å². The number of fused-ring (bicyclic) bond motifs is 1. The third-order valence-electron chi connectivity index (χ3n) is 6.07. The van der Waals surface area contributed by atoms with Crippen molar-refractivity contribution in [1.82, 2.24) is 19.8 Å². The minimum atomic E-state index is 0.142. The normalized spacial score (nSPS) is 20.6. The molecule has 28 heavy (non-hydrogen) atoms. The van der Waals surface area contributed by atoms with E-state index in [1.807, 2.05) is 11.1 Å². The second kappa shape index (κ2) is 7.26. The van der Waals surface area contributed by atoms with Gasteiger partial charge in [0.15, 0.2) is 5.82 Å². The number of amides is 1. The summed E-state index contributed by atoms with van der Waals surface area (Å²) in [6, 6.07) is 8.59. The molecule has 0 radical (unpaired) electrons. The summed E-state index contributed by atoms with van der Waals surface area (Å²) in [5.74, 6) is 1.56. The Morgan fingerprint density at radius 2 is 1.96 bits per heavy atom. The molecule has 2 fully saturated rings. The fraction of sp³-hybridized carbons (Fsp3) is 0.500. The first kappa shape index (κ1) is 17.8. The second-order valence-electron chi connectivity index (χ2n) is 8.43. The maximum absolute atomic E-state index is 12.4. The molecule has 6 nitrogen and oxygen atoms in total. The van der Waals surface area contributed by atoms with Gasteiger partial charge in [0.2, 0.25) is 5.91 Å². The first-order valence-electron chi connectivity index (χ1n) is 10.3. The molecule has 2 aromatic rings. The fourth-order valence-corrected chi connectivity index (χ4v) is 4.08. The van der Waals surface area contributed by atoms with Crippen molar-refractivity contribution in [3.63, 3.8) is 0 Å². The SMILES string of the molecule is CN1CCN(Cc2cccc(-c3cnc4c(n3)N(CC3CC3)C(=O)C4)c2)CC1. The van der Waals surface area contributed by atoms with Gasteiger partial charge in [0, 0.05) is 44.8 Å². The summed E-state index contributed by atoms with van der Waals surface area (Å²) in [7, 11) is 2.18. The van der Waals surface area contributed by atoms with Crippen molar-refractivity contribution in [3.05, 3.63) is 41.7 Å². The number of hydrogen-bond acceptors (Lipinski definition) is 5. The summed E-state index contributed by atoms with van der Waals surface area (Å²) in [4.78, 5) is 28.5. The zero-order valence-electron chi connectivity index (χ0n) is 16.5. The number of rotatable bonds is 5. The largest absolute Gasteiger partial charge is 0.304 e. The lowest BCUT2D eigenvalue weighted by Gasteiger charge is -2.32. The number of nitrogens with zero attached hydrogens (tertiary/aromatic N) is 5. The van der Waals surface area contributed by atoms with Crippen molar-refractivity contribution in [2.45, 2.75) is 25.8 Å². The quantitative estimate of drug-likeness (QED) is 0.800. The molecule has 1 saturated carbocycles. The number of carbonyl (C=O) groups is 1. The van der Waals surface area contributed by atoms with Crippen molar-refractivity contribution in [2.24, 2.45) is 5.92 Å². The highest BCUT2D eigenvalue weighted by atomic mass is 16.2. The molecule has 0 spiro atoms. The van der Waals surface area contributed by atoms with Crippen LogP contribution in [0.1, 0.15) is 24.1 Å². The Labute approximate surface area is 166 Å². The Kier molecular flexibility index (Phi) is 4.61. The Bertz CT molecular complexity index is 886. The molecule has 5 rings (SSSR count). The summed E-state index contributed by atoms with van der Waals surface area (Å²) in [5, 5.41) is 0. The molecule has 146 valence electrons. The van der Waals surface area contributed by atoms with Crippen molar-refractivity contribution in [3.8, 4) is 11.3 Å². The smallest absolute Gasteiger partial charge is 0.234 e. The van der Waals surface area contributed by atoms with Crippen molar-refractivity contribution in [1.29, 1.82) is 0 Å². The Morgan fingerprint density at radius 3 is 2.75 bits per heavy atom. The summed E-state index contributed by atoms with van der Waals surface area (Å²) < 4.78 is 0. The first-order valence-corrected chi connectivity index (χ1v) is 10.3. The number of piperazine rings is 1. The van der Waals surface area contributed by atoms with Crippen LogP contribution in [0.25, 0.3) is 11.3 Å². The van der Waals surface area contributed by atoms with E-state index in [2.05, 4.69) is 46.1 Å². The van der Waals surface area contributed by atoms with E-state index in [0.29, 0.717) is 12.3 Å². The second-order valence-corrected chi connectivity index (χ2v) is 8.43. The van der Waals surface area contributed by atoms with Gasteiger partial charge in [-0.25, -0.2) is 4.98 Å². The molecule has 6 heteroatoms. The van der Waals surface area contributed by atoms with Gasteiger partial charge in [-0.2, -0.15) is 0 Å². The van der Waals surface area contributed by atoms with Crippen LogP contribution in [0, 0.1) is 5.92 Å². The number of aromatic nitrogens is 2. The summed E-state index contributed by atoms with van der Waals surface area (Å²) in [6.07, 6.45) is 4.65. The van der Waals surface area contributed by atoms with Gasteiger partial charge in [0.05, 0.1) is 24.0 Å². The molecule has 2 aliphatic heterocycles. The molecule has 0 atom stereocenters. The summed E-state index contributed by atoms with van der Waals surface area (Å²) in [5.41, 5.74) is 4.06. The van der Waals surface area contributed by atoms with Crippen molar-refractivity contribution >= 4 is 11.7 Å². The van der Waals surface area contributed by atoms with E-state index in [1.165, 1.54) is 18.4 Å². The van der Waals surface area contributed by atoms with E-state index in [-0.39, 0.29) is 5.91 Å². The van der Waals surface area contributed by atoms with E-state index in [1.54, 1.807) is 0 Å². The van der Waals surface area contributed by atoms with Gasteiger partial charge in [-0.05, 0) is 37.4 Å². The molecule has 1 aliphatic carbocycles. The predicted molar refractivity (Wildman–Crippen MR) is 109 cm³/mol. The molecule has 3 heterocycles. The Morgan fingerprint density at radius 1 is 1.14 bits per heavy atom. The van der Waals surface area contributed by atoms with Crippen LogP contribution in [0.15, 0.2) is 30.5 Å². The van der Waals surface area contributed by atoms with Gasteiger partial charge < -0.3 is 4.90 Å². The van der Waals surface area contributed by atoms with Crippen LogP contribution in [-0.2, 0) is 17.8 Å². The highest BCUT2D eigenvalue weighted by Gasteiger charge is 2.35. The minimum absolute atomic E-state index is 0.142. The molecule has 1 saturated heterocycles. The lowest BCUT2D eigenvalue weighted by molar-refractivity contribution is -0.117. The van der Waals surface area contributed by atoms with Crippen LogP contribution in [0.2, 0.25) is 0 Å². The number of anilines is 1. The summed E-state index contributed by atoms with van der Waals surface area (Å²) in [6.45, 7) is 6.23. The van der Waals surface area contributed by atoms with E-state index in [4.69, 9.17) is 4.98 Å². The van der Waals surface area contributed by atoms with Gasteiger partial charge in [0.25, 0.3) is 0 Å². The molecule has 3 aliphatic rings. The van der Waals surface area contributed by atoms with Crippen LogP contribution >= 0.6 is 0 Å². The molecule has 0 bridgehead atoms. The number of likely N-dealkylation sites (N-methyl/N-ethyl adjacent to an activating group) is 1. The van der Waals surface area contributed by atoms with Gasteiger partial charge in [-0.15, -0.1) is 0 Å². The van der Waals surface area contributed by atoms with Gasteiger partial charge >= 0.3 is 0 Å². The highest BCUT2D eigenvalue weighted by Crippen LogP contribution is 2.35. The van der Waals surface area contributed by atoms with Crippen molar-refractivity contribution in [2.75, 3.05) is 44.7 Å². The maximum Gasteiger partial charge on any atom is 0.234 e. The van der Waals surface area contributed by atoms with Crippen LogP contribution in [0.4, 0.5) is 5.82 Å². The fourth-order valence-electron chi connectivity index (χ4n) is 4.08. The monoisotopic (exact) mass is 377 g/mol. The van der Waals surface area contributed by atoms with E-state index in [0.717, 1.165) is 62.0 Å². The van der Waals surface area contributed by atoms with E-state index < -0.39 is 0 Å². The molecular formula is C22H27N5O. The molecule has 1 aromatic carbocycles. The first-order chi connectivity index (χ1) is 13.7. The van der Waals surface area contributed by atoms with E-state index in [9.17, 15) is 4.79 Å². The Balaban J connectivity index is 1.36. The van der Waals surface area contributed by atoms with Crippen LogP contribution in [0.3, 0.4) is 0 Å². The third kappa shape index (κ3) is 3.66. The highest BCUT2D eigenvalue weighted by molar-refractivity contribution is 5.99. The zero-order valence-corrected chi connectivity index (χ0v) is 16.5. The third-order valence-corrected chi connectivity index (χ3v) is 6.07. The van der Waals surface area contributed by atoms with Gasteiger partial charge in [-0.3, -0.25) is 19.6 Å². The van der Waals surface area contributed by atoms with Crippen molar-refractivity contribution < 1.29 is 4.79 Å². The van der Waals surface area contributed by atoms with Crippen LogP contribution in [0.5, 0.6) is 0 Å². The minimum Gasteiger partial charge on any atom is -0.304 e. The lowest BCUT2D eigenvalue weighted by atomic mass is 10.1. The predicted octanol–water partition coefficient (Wildman–Crippen LogP) is 2.19. The Hall–Kier alpha value is -2.31. The zero-order chi connectivity index (χ0) is 19.1. The average Bonchev–Trinajstić information content (AvgIpc) is 3.47.